The Morgan fingerprint density at radius 2 is 2.27 bits per heavy atom. The highest BCUT2D eigenvalue weighted by Crippen LogP contribution is 2.00. The van der Waals surface area contributed by atoms with Crippen LogP contribution >= 0.6 is 0 Å². The van der Waals surface area contributed by atoms with Gasteiger partial charge in [-0.1, -0.05) is 6.92 Å². The van der Waals surface area contributed by atoms with Crippen molar-refractivity contribution in [3.63, 3.8) is 0 Å². The van der Waals surface area contributed by atoms with Crippen molar-refractivity contribution in [2.75, 3.05) is 19.6 Å². The summed E-state index contributed by atoms with van der Waals surface area (Å²) in [7, 11) is 1.75. The molecular weight excluding hydrogens is 190 g/mol. The molecule has 0 bridgehead atoms. The second-order valence-electron chi connectivity index (χ2n) is 3.64. The van der Waals surface area contributed by atoms with Gasteiger partial charge in [-0.25, -0.2) is 0 Å². The highest BCUT2D eigenvalue weighted by molar-refractivity contribution is 5.10. The fourth-order valence-electron chi connectivity index (χ4n) is 1.48. The van der Waals surface area contributed by atoms with Crippen molar-refractivity contribution < 1.29 is 0 Å². The van der Waals surface area contributed by atoms with Gasteiger partial charge in [0, 0.05) is 38.9 Å². The molecule has 0 fully saturated rings. The number of hydrogen-bond acceptors (Lipinski definition) is 3. The van der Waals surface area contributed by atoms with Crippen molar-refractivity contribution in [1.82, 2.24) is 9.47 Å². The maximum absolute atomic E-state index is 11.4. The van der Waals surface area contributed by atoms with Crippen LogP contribution in [-0.4, -0.2) is 29.1 Å². The molecule has 0 radical (unpaired) electrons. The van der Waals surface area contributed by atoms with Crippen LogP contribution in [-0.2, 0) is 13.6 Å². The van der Waals surface area contributed by atoms with E-state index in [1.165, 1.54) is 0 Å². The predicted molar refractivity (Wildman–Crippen MR) is 61.7 cm³/mol. The maximum atomic E-state index is 11.4. The van der Waals surface area contributed by atoms with E-state index in [9.17, 15) is 4.79 Å². The first-order chi connectivity index (χ1) is 7.17. The van der Waals surface area contributed by atoms with E-state index in [4.69, 9.17) is 5.73 Å². The molecule has 84 valence electrons. The summed E-state index contributed by atoms with van der Waals surface area (Å²) in [6.45, 7) is 5.36. The average Bonchev–Trinajstić information content (AvgIpc) is 2.23. The fraction of sp³-hybridized carbons (Fsp3) is 0.545. The van der Waals surface area contributed by atoms with Gasteiger partial charge >= 0.3 is 0 Å². The molecule has 0 atom stereocenters. The van der Waals surface area contributed by atoms with Crippen molar-refractivity contribution >= 4 is 0 Å². The number of rotatable bonds is 5. The van der Waals surface area contributed by atoms with Crippen molar-refractivity contribution in [2.24, 2.45) is 12.8 Å². The first kappa shape index (κ1) is 11.9. The Morgan fingerprint density at radius 1 is 1.53 bits per heavy atom. The Bertz CT molecular complexity index is 359. The van der Waals surface area contributed by atoms with Crippen LogP contribution in [0.25, 0.3) is 0 Å². The number of likely N-dealkylation sites (N-methyl/N-ethyl adjacent to an activating group) is 1. The van der Waals surface area contributed by atoms with E-state index in [1.54, 1.807) is 23.9 Å². The summed E-state index contributed by atoms with van der Waals surface area (Å²) < 4.78 is 1.57. The predicted octanol–water partition coefficient (Wildman–Crippen LogP) is 0.166. The number of nitrogens with zero attached hydrogens (tertiary/aromatic N) is 2. The Kier molecular flexibility index (Phi) is 4.52. The second kappa shape index (κ2) is 5.68. The molecule has 1 rings (SSSR count). The van der Waals surface area contributed by atoms with Crippen LogP contribution in [0.5, 0.6) is 0 Å². The van der Waals surface area contributed by atoms with E-state index in [0.717, 1.165) is 25.2 Å². The zero-order chi connectivity index (χ0) is 11.3. The Morgan fingerprint density at radius 3 is 2.80 bits per heavy atom. The lowest BCUT2D eigenvalue weighted by Crippen LogP contribution is -2.29. The van der Waals surface area contributed by atoms with E-state index in [2.05, 4.69) is 11.8 Å². The molecule has 0 aliphatic rings. The smallest absolute Gasteiger partial charge is 0.250 e. The Hall–Kier alpha value is -1.13. The summed E-state index contributed by atoms with van der Waals surface area (Å²) in [6, 6.07) is 3.65. The number of aromatic nitrogens is 1. The van der Waals surface area contributed by atoms with E-state index in [0.29, 0.717) is 6.54 Å². The highest BCUT2D eigenvalue weighted by Gasteiger charge is 2.03. The van der Waals surface area contributed by atoms with Gasteiger partial charge in [0.05, 0.1) is 0 Å². The molecule has 4 heteroatoms. The molecule has 0 aromatic carbocycles. The van der Waals surface area contributed by atoms with E-state index in [-0.39, 0.29) is 5.56 Å². The van der Waals surface area contributed by atoms with E-state index < -0.39 is 0 Å². The zero-order valence-corrected chi connectivity index (χ0v) is 9.44. The van der Waals surface area contributed by atoms with Gasteiger partial charge in [-0.15, -0.1) is 0 Å². The number of hydrogen-bond donors (Lipinski definition) is 1. The Labute approximate surface area is 90.3 Å². The lowest BCUT2D eigenvalue weighted by Gasteiger charge is -2.19. The lowest BCUT2D eigenvalue weighted by atomic mass is 10.2. The molecule has 1 aromatic heterocycles. The summed E-state index contributed by atoms with van der Waals surface area (Å²) in [4.78, 5) is 13.6. The molecular formula is C11H19N3O. The minimum absolute atomic E-state index is 0.0382. The van der Waals surface area contributed by atoms with Crippen LogP contribution in [0.2, 0.25) is 0 Å². The zero-order valence-electron chi connectivity index (χ0n) is 9.44. The van der Waals surface area contributed by atoms with Crippen LogP contribution in [0.1, 0.15) is 12.5 Å². The molecule has 0 spiro atoms. The highest BCUT2D eigenvalue weighted by atomic mass is 16.1. The second-order valence-corrected chi connectivity index (χ2v) is 3.64. The average molecular weight is 209 g/mol. The number of aryl methyl sites for hydroxylation is 1. The van der Waals surface area contributed by atoms with Crippen molar-refractivity contribution in [1.29, 1.82) is 0 Å². The normalized spacial score (nSPS) is 10.9. The number of pyridine rings is 1. The third kappa shape index (κ3) is 3.49. The maximum Gasteiger partial charge on any atom is 0.250 e. The summed E-state index contributed by atoms with van der Waals surface area (Å²) in [5, 5.41) is 0. The summed E-state index contributed by atoms with van der Waals surface area (Å²) in [5.74, 6) is 0. The van der Waals surface area contributed by atoms with Crippen molar-refractivity contribution in [2.45, 2.75) is 13.5 Å². The monoisotopic (exact) mass is 209 g/mol. The van der Waals surface area contributed by atoms with Crippen molar-refractivity contribution in [3.8, 4) is 0 Å². The lowest BCUT2D eigenvalue weighted by molar-refractivity contribution is 0.288. The minimum Gasteiger partial charge on any atom is -0.329 e. The van der Waals surface area contributed by atoms with Gasteiger partial charge in [0.25, 0.3) is 5.56 Å². The quantitative estimate of drug-likeness (QED) is 0.752. The molecule has 2 N–H and O–H groups in total. The fourth-order valence-corrected chi connectivity index (χ4v) is 1.48. The molecule has 0 unspecified atom stereocenters. The van der Waals surface area contributed by atoms with Gasteiger partial charge in [0.1, 0.15) is 0 Å². The molecule has 0 saturated heterocycles. The van der Waals surface area contributed by atoms with Gasteiger partial charge in [-0.3, -0.25) is 9.69 Å². The van der Waals surface area contributed by atoms with Crippen LogP contribution < -0.4 is 11.3 Å². The van der Waals surface area contributed by atoms with Gasteiger partial charge in [-0.2, -0.15) is 0 Å². The van der Waals surface area contributed by atoms with E-state index in [1.807, 2.05) is 6.07 Å². The molecule has 0 amide bonds. The molecule has 15 heavy (non-hydrogen) atoms. The number of nitrogens with two attached hydrogens (primary N) is 1. The van der Waals surface area contributed by atoms with Gasteiger partial charge in [-0.05, 0) is 18.2 Å². The largest absolute Gasteiger partial charge is 0.329 e. The standard InChI is InChI=1S/C11H19N3O/c1-3-14(7-5-12)9-10-4-6-13(2)11(15)8-10/h4,6,8H,3,5,7,9,12H2,1-2H3. The Balaban J connectivity index is 2.71. The SMILES string of the molecule is CCN(CCN)Cc1ccn(C)c(=O)c1. The summed E-state index contributed by atoms with van der Waals surface area (Å²) in [5.41, 5.74) is 6.59. The first-order valence-electron chi connectivity index (χ1n) is 5.25. The van der Waals surface area contributed by atoms with Crippen LogP contribution in [0, 0.1) is 0 Å². The molecule has 1 aromatic rings. The van der Waals surface area contributed by atoms with Gasteiger partial charge < -0.3 is 10.3 Å². The van der Waals surface area contributed by atoms with Crippen LogP contribution in [0.3, 0.4) is 0 Å². The molecule has 0 aliphatic heterocycles. The third-order valence-electron chi connectivity index (χ3n) is 2.47. The molecule has 0 saturated carbocycles. The summed E-state index contributed by atoms with van der Waals surface area (Å²) >= 11 is 0. The topological polar surface area (TPSA) is 51.3 Å². The van der Waals surface area contributed by atoms with Gasteiger partial charge in [0.2, 0.25) is 0 Å². The molecule has 0 aliphatic carbocycles. The van der Waals surface area contributed by atoms with Crippen molar-refractivity contribution in [3.05, 3.63) is 34.2 Å². The molecule has 1 heterocycles. The van der Waals surface area contributed by atoms with Crippen LogP contribution in [0.15, 0.2) is 23.1 Å². The minimum atomic E-state index is 0.0382. The third-order valence-corrected chi connectivity index (χ3v) is 2.47. The van der Waals surface area contributed by atoms with E-state index >= 15 is 0 Å². The molecule has 4 nitrogen and oxygen atoms in total. The first-order valence-corrected chi connectivity index (χ1v) is 5.25. The summed E-state index contributed by atoms with van der Waals surface area (Å²) in [6.07, 6.45) is 1.80. The van der Waals surface area contributed by atoms with Gasteiger partial charge in [0.15, 0.2) is 0 Å². The van der Waals surface area contributed by atoms with Crippen LogP contribution in [0.4, 0.5) is 0 Å².